The number of rotatable bonds is 6. The maximum absolute atomic E-state index is 11.4. The molecule has 14 heavy (non-hydrogen) atoms. The molecule has 0 aliphatic heterocycles. The van der Waals surface area contributed by atoms with Crippen LogP contribution in [0.25, 0.3) is 0 Å². The summed E-state index contributed by atoms with van der Waals surface area (Å²) in [6.07, 6.45) is 0.738. The minimum absolute atomic E-state index is 0.00194. The number of thioether (sulfide) groups is 1. The Balaban J connectivity index is 3.92. The van der Waals surface area contributed by atoms with Gasteiger partial charge < -0.3 is 10.4 Å². The smallest absolute Gasteiger partial charge is 0.230 e. The van der Waals surface area contributed by atoms with E-state index in [9.17, 15) is 4.79 Å². The third-order valence-corrected chi connectivity index (χ3v) is 3.21. The first-order valence-electron chi connectivity index (χ1n) is 4.97. The lowest BCUT2D eigenvalue weighted by Crippen LogP contribution is -2.49. The average molecular weight is 219 g/mol. The Morgan fingerprint density at radius 2 is 2.14 bits per heavy atom. The molecule has 1 amide bonds. The summed E-state index contributed by atoms with van der Waals surface area (Å²) in [5, 5.41) is 12.4. The van der Waals surface area contributed by atoms with Gasteiger partial charge in [0.2, 0.25) is 5.91 Å². The van der Waals surface area contributed by atoms with Crippen LogP contribution in [-0.4, -0.2) is 34.2 Å². The molecule has 0 aromatic carbocycles. The summed E-state index contributed by atoms with van der Waals surface area (Å²) in [7, 11) is 0. The van der Waals surface area contributed by atoms with Crippen molar-refractivity contribution in [2.45, 2.75) is 44.9 Å². The highest BCUT2D eigenvalue weighted by molar-refractivity contribution is 8.00. The first kappa shape index (κ1) is 13.8. The van der Waals surface area contributed by atoms with E-state index in [2.05, 4.69) is 19.2 Å². The molecule has 0 fully saturated rings. The summed E-state index contributed by atoms with van der Waals surface area (Å²) in [4.78, 5) is 11.4. The molecule has 2 N–H and O–H groups in total. The van der Waals surface area contributed by atoms with E-state index in [-0.39, 0.29) is 12.5 Å². The molecular formula is C10H21NO2S. The molecule has 0 aromatic rings. The fourth-order valence-electron chi connectivity index (χ4n) is 0.855. The standard InChI is InChI=1S/C10H21NO2S/c1-5-10(4,7-12)11-9(13)6-14-8(2)3/h8,12H,5-7H2,1-4H3,(H,11,13). The minimum atomic E-state index is -0.464. The third-order valence-electron chi connectivity index (χ3n) is 2.12. The summed E-state index contributed by atoms with van der Waals surface area (Å²) in [6, 6.07) is 0. The molecule has 84 valence electrons. The van der Waals surface area contributed by atoms with Crippen LogP contribution in [0, 0.1) is 0 Å². The van der Waals surface area contributed by atoms with E-state index in [1.54, 1.807) is 11.8 Å². The fraction of sp³-hybridized carbons (Fsp3) is 0.900. The topological polar surface area (TPSA) is 49.3 Å². The van der Waals surface area contributed by atoms with Gasteiger partial charge in [0.15, 0.2) is 0 Å². The van der Waals surface area contributed by atoms with Crippen LogP contribution in [-0.2, 0) is 4.79 Å². The molecule has 0 rings (SSSR count). The second-order valence-corrected chi connectivity index (χ2v) is 5.55. The van der Waals surface area contributed by atoms with Gasteiger partial charge in [-0.2, -0.15) is 0 Å². The van der Waals surface area contributed by atoms with Crippen LogP contribution >= 0.6 is 11.8 Å². The number of carbonyl (C=O) groups is 1. The van der Waals surface area contributed by atoms with Gasteiger partial charge in [0.25, 0.3) is 0 Å². The van der Waals surface area contributed by atoms with E-state index in [4.69, 9.17) is 5.11 Å². The van der Waals surface area contributed by atoms with Crippen LogP contribution in [0.15, 0.2) is 0 Å². The second-order valence-electron chi connectivity index (χ2n) is 3.98. The summed E-state index contributed by atoms with van der Waals surface area (Å²) in [6.45, 7) is 7.91. The SMILES string of the molecule is CCC(C)(CO)NC(=O)CSC(C)C. The van der Waals surface area contributed by atoms with Crippen LogP contribution in [0.1, 0.15) is 34.1 Å². The van der Waals surface area contributed by atoms with E-state index >= 15 is 0 Å². The Labute approximate surface area is 90.7 Å². The maximum Gasteiger partial charge on any atom is 0.230 e. The predicted molar refractivity (Wildman–Crippen MR) is 61.5 cm³/mol. The first-order valence-corrected chi connectivity index (χ1v) is 6.02. The van der Waals surface area contributed by atoms with E-state index < -0.39 is 5.54 Å². The van der Waals surface area contributed by atoms with Gasteiger partial charge in [-0.05, 0) is 18.6 Å². The van der Waals surface area contributed by atoms with Crippen molar-refractivity contribution in [1.29, 1.82) is 0 Å². The highest BCUT2D eigenvalue weighted by Gasteiger charge is 2.22. The second kappa shape index (κ2) is 6.30. The molecule has 0 radical (unpaired) electrons. The van der Waals surface area contributed by atoms with Crippen molar-refractivity contribution in [3.05, 3.63) is 0 Å². The normalized spacial score (nSPS) is 15.3. The molecule has 0 bridgehead atoms. The fourth-order valence-corrected chi connectivity index (χ4v) is 1.41. The van der Waals surface area contributed by atoms with Crippen molar-refractivity contribution in [3.8, 4) is 0 Å². The molecule has 0 aromatic heterocycles. The van der Waals surface area contributed by atoms with Crippen LogP contribution < -0.4 is 5.32 Å². The number of aliphatic hydroxyl groups excluding tert-OH is 1. The van der Waals surface area contributed by atoms with E-state index in [0.29, 0.717) is 11.0 Å². The van der Waals surface area contributed by atoms with Gasteiger partial charge in [-0.3, -0.25) is 4.79 Å². The van der Waals surface area contributed by atoms with E-state index in [1.165, 1.54) is 0 Å². The van der Waals surface area contributed by atoms with Crippen molar-refractivity contribution in [2.75, 3.05) is 12.4 Å². The van der Waals surface area contributed by atoms with Crippen molar-refractivity contribution >= 4 is 17.7 Å². The summed E-state index contributed by atoms with van der Waals surface area (Å²) < 4.78 is 0. The lowest BCUT2D eigenvalue weighted by molar-refractivity contribution is -0.120. The largest absolute Gasteiger partial charge is 0.394 e. The average Bonchev–Trinajstić information content (AvgIpc) is 2.14. The number of hydrogen-bond acceptors (Lipinski definition) is 3. The van der Waals surface area contributed by atoms with Crippen molar-refractivity contribution in [3.63, 3.8) is 0 Å². The molecule has 0 saturated heterocycles. The lowest BCUT2D eigenvalue weighted by Gasteiger charge is -2.27. The number of hydrogen-bond donors (Lipinski definition) is 2. The van der Waals surface area contributed by atoms with Gasteiger partial charge >= 0.3 is 0 Å². The molecule has 3 nitrogen and oxygen atoms in total. The quantitative estimate of drug-likeness (QED) is 0.710. The third kappa shape index (κ3) is 5.50. The number of carbonyl (C=O) groups excluding carboxylic acids is 1. The Kier molecular flexibility index (Phi) is 6.20. The minimum Gasteiger partial charge on any atom is -0.394 e. The molecule has 1 atom stereocenters. The monoisotopic (exact) mass is 219 g/mol. The van der Waals surface area contributed by atoms with Crippen LogP contribution in [0.5, 0.6) is 0 Å². The number of aliphatic hydroxyl groups is 1. The van der Waals surface area contributed by atoms with Crippen molar-refractivity contribution in [2.24, 2.45) is 0 Å². The van der Waals surface area contributed by atoms with E-state index in [0.717, 1.165) is 6.42 Å². The zero-order valence-electron chi connectivity index (χ0n) is 9.46. The van der Waals surface area contributed by atoms with E-state index in [1.807, 2.05) is 13.8 Å². The molecule has 0 aliphatic rings. The highest BCUT2D eigenvalue weighted by Crippen LogP contribution is 2.11. The Hall–Kier alpha value is -0.220. The maximum atomic E-state index is 11.4. The molecule has 0 aliphatic carbocycles. The molecule has 0 heterocycles. The summed E-state index contributed by atoms with van der Waals surface area (Å²) >= 11 is 1.61. The summed E-state index contributed by atoms with van der Waals surface area (Å²) in [5.41, 5.74) is -0.464. The Morgan fingerprint density at radius 1 is 1.57 bits per heavy atom. The van der Waals surface area contributed by atoms with Crippen LogP contribution in [0.3, 0.4) is 0 Å². The molecule has 4 heteroatoms. The van der Waals surface area contributed by atoms with Crippen LogP contribution in [0.2, 0.25) is 0 Å². The Bertz CT molecular complexity index is 179. The van der Waals surface area contributed by atoms with Gasteiger partial charge in [-0.15, -0.1) is 11.8 Å². The zero-order chi connectivity index (χ0) is 11.2. The van der Waals surface area contributed by atoms with Gasteiger partial charge in [0.1, 0.15) is 0 Å². The van der Waals surface area contributed by atoms with Crippen molar-refractivity contribution in [1.82, 2.24) is 5.32 Å². The lowest BCUT2D eigenvalue weighted by atomic mass is 10.0. The predicted octanol–water partition coefficient (Wildman–Crippen LogP) is 1.41. The molecular weight excluding hydrogens is 198 g/mol. The van der Waals surface area contributed by atoms with Crippen LogP contribution in [0.4, 0.5) is 0 Å². The number of amides is 1. The van der Waals surface area contributed by atoms with Gasteiger partial charge in [0.05, 0.1) is 17.9 Å². The molecule has 0 spiro atoms. The molecule has 0 saturated carbocycles. The first-order chi connectivity index (χ1) is 6.43. The number of nitrogens with one attached hydrogen (secondary N) is 1. The highest BCUT2D eigenvalue weighted by atomic mass is 32.2. The van der Waals surface area contributed by atoms with Gasteiger partial charge in [-0.25, -0.2) is 0 Å². The zero-order valence-corrected chi connectivity index (χ0v) is 10.3. The van der Waals surface area contributed by atoms with Gasteiger partial charge in [0, 0.05) is 0 Å². The Morgan fingerprint density at radius 3 is 2.50 bits per heavy atom. The summed E-state index contributed by atoms with van der Waals surface area (Å²) in [5.74, 6) is 0.467. The van der Waals surface area contributed by atoms with Crippen molar-refractivity contribution < 1.29 is 9.90 Å². The van der Waals surface area contributed by atoms with Gasteiger partial charge in [-0.1, -0.05) is 20.8 Å². The molecule has 1 unspecified atom stereocenters.